The quantitative estimate of drug-likeness (QED) is 0.352. The number of aliphatic hydroxyl groups is 1. The molecule has 1 amide bonds. The van der Waals surface area contributed by atoms with E-state index >= 15 is 0 Å². The number of imidazole rings is 1. The van der Waals surface area contributed by atoms with Gasteiger partial charge in [-0.15, -0.1) is 0 Å². The molecule has 0 unspecified atom stereocenters. The first-order chi connectivity index (χ1) is 16.1. The van der Waals surface area contributed by atoms with Gasteiger partial charge in [-0.05, 0) is 36.8 Å². The molecule has 0 saturated carbocycles. The lowest BCUT2D eigenvalue weighted by atomic mass is 9.98. The number of amides is 1. The first-order valence-electron chi connectivity index (χ1n) is 10.7. The topological polar surface area (TPSA) is 107 Å². The molecule has 9 nitrogen and oxygen atoms in total. The predicted molar refractivity (Wildman–Crippen MR) is 118 cm³/mol. The van der Waals surface area contributed by atoms with Crippen molar-refractivity contribution in [3.8, 4) is 11.5 Å². The van der Waals surface area contributed by atoms with E-state index in [9.17, 15) is 14.7 Å². The van der Waals surface area contributed by atoms with Gasteiger partial charge in [0.05, 0.1) is 17.6 Å². The highest BCUT2D eigenvalue weighted by Crippen LogP contribution is 2.40. The van der Waals surface area contributed by atoms with E-state index in [1.807, 2.05) is 10.8 Å². The Kier molecular flexibility index (Phi) is 5.52. The van der Waals surface area contributed by atoms with Crippen molar-refractivity contribution >= 4 is 17.4 Å². The van der Waals surface area contributed by atoms with Gasteiger partial charge in [-0.1, -0.05) is 6.07 Å². The number of benzene rings is 1. The fraction of sp³-hybridized carbons (Fsp3) is 0.250. The van der Waals surface area contributed by atoms with Crippen LogP contribution < -0.4 is 9.47 Å². The van der Waals surface area contributed by atoms with Crippen LogP contribution in [0, 0.1) is 0 Å². The Morgan fingerprint density at radius 1 is 1.06 bits per heavy atom. The van der Waals surface area contributed by atoms with Gasteiger partial charge in [0.1, 0.15) is 25.0 Å². The van der Waals surface area contributed by atoms with E-state index < -0.39 is 17.7 Å². The zero-order valence-electron chi connectivity index (χ0n) is 17.8. The second-order valence-electron chi connectivity index (χ2n) is 7.76. The van der Waals surface area contributed by atoms with E-state index in [0.717, 1.165) is 0 Å². The Labute approximate surface area is 189 Å². The lowest BCUT2D eigenvalue weighted by Crippen LogP contribution is -2.31. The van der Waals surface area contributed by atoms with Crippen LogP contribution in [-0.4, -0.2) is 56.0 Å². The molecule has 3 aromatic rings. The monoisotopic (exact) mass is 446 g/mol. The first-order valence-corrected chi connectivity index (χ1v) is 10.7. The third kappa shape index (κ3) is 3.93. The number of hydrogen-bond acceptors (Lipinski definition) is 7. The highest BCUT2D eigenvalue weighted by atomic mass is 16.6. The average Bonchev–Trinajstić information content (AvgIpc) is 3.46. The van der Waals surface area contributed by atoms with Crippen LogP contribution in [0.25, 0.3) is 5.76 Å². The molecule has 9 heteroatoms. The van der Waals surface area contributed by atoms with Gasteiger partial charge in [-0.25, -0.2) is 4.98 Å². The fourth-order valence-corrected chi connectivity index (χ4v) is 4.14. The number of ether oxygens (including phenoxy) is 2. The summed E-state index contributed by atoms with van der Waals surface area (Å²) >= 11 is 0. The fourth-order valence-electron chi connectivity index (χ4n) is 4.14. The maximum absolute atomic E-state index is 13.1. The van der Waals surface area contributed by atoms with Gasteiger partial charge in [0.2, 0.25) is 0 Å². The summed E-state index contributed by atoms with van der Waals surface area (Å²) in [5.74, 6) is -0.609. The van der Waals surface area contributed by atoms with Crippen molar-refractivity contribution < 1.29 is 24.2 Å². The van der Waals surface area contributed by atoms with Crippen molar-refractivity contribution in [2.45, 2.75) is 19.0 Å². The maximum atomic E-state index is 13.1. The molecule has 5 rings (SSSR count). The van der Waals surface area contributed by atoms with E-state index in [2.05, 4.69) is 9.97 Å². The summed E-state index contributed by atoms with van der Waals surface area (Å²) in [7, 11) is 0. The first kappa shape index (κ1) is 20.7. The number of aliphatic hydroxyl groups excluding tert-OH is 1. The molecule has 0 radical (unpaired) electrons. The van der Waals surface area contributed by atoms with Crippen molar-refractivity contribution in [1.82, 2.24) is 19.4 Å². The van der Waals surface area contributed by atoms with Crippen molar-refractivity contribution in [3.05, 3.63) is 78.1 Å². The van der Waals surface area contributed by atoms with Crippen LogP contribution in [0.1, 0.15) is 23.7 Å². The van der Waals surface area contributed by atoms with E-state index in [0.29, 0.717) is 55.5 Å². The molecule has 0 aliphatic carbocycles. The van der Waals surface area contributed by atoms with Crippen LogP contribution in [-0.2, 0) is 16.1 Å². The van der Waals surface area contributed by atoms with Crippen LogP contribution in [0.2, 0.25) is 0 Å². The zero-order chi connectivity index (χ0) is 22.8. The Morgan fingerprint density at radius 3 is 2.67 bits per heavy atom. The number of rotatable bonds is 6. The molecule has 168 valence electrons. The van der Waals surface area contributed by atoms with Crippen molar-refractivity contribution in [2.75, 3.05) is 19.8 Å². The summed E-state index contributed by atoms with van der Waals surface area (Å²) in [6.07, 6.45) is 7.44. The Bertz CT molecular complexity index is 1210. The molecule has 1 saturated heterocycles. The number of carbonyl (C=O) groups excluding carboxylic acids is 2. The van der Waals surface area contributed by atoms with Gasteiger partial charge in [0.25, 0.3) is 11.7 Å². The molecule has 2 aliphatic rings. The number of aromatic nitrogens is 3. The molecule has 0 spiro atoms. The van der Waals surface area contributed by atoms with Gasteiger partial charge < -0.3 is 24.0 Å². The van der Waals surface area contributed by atoms with Crippen LogP contribution >= 0.6 is 0 Å². The molecular weight excluding hydrogens is 424 g/mol. The predicted octanol–water partition coefficient (Wildman–Crippen LogP) is 2.56. The summed E-state index contributed by atoms with van der Waals surface area (Å²) < 4.78 is 13.0. The average molecular weight is 446 g/mol. The number of carbonyl (C=O) groups is 2. The molecule has 1 N–H and O–H groups in total. The van der Waals surface area contributed by atoms with Crippen molar-refractivity contribution in [3.63, 3.8) is 0 Å². The van der Waals surface area contributed by atoms with Gasteiger partial charge in [-0.3, -0.25) is 14.6 Å². The van der Waals surface area contributed by atoms with Gasteiger partial charge in [0, 0.05) is 37.2 Å². The molecule has 2 aromatic heterocycles. The third-order valence-corrected chi connectivity index (χ3v) is 5.70. The molecule has 2 aliphatic heterocycles. The smallest absolute Gasteiger partial charge is 0.295 e. The normalized spacial score (nSPS) is 19.2. The number of hydrogen-bond donors (Lipinski definition) is 1. The summed E-state index contributed by atoms with van der Waals surface area (Å²) in [4.78, 5) is 36.0. The number of nitrogens with zero attached hydrogens (tertiary/aromatic N) is 4. The van der Waals surface area contributed by atoms with Gasteiger partial charge in [0.15, 0.2) is 11.5 Å². The lowest BCUT2D eigenvalue weighted by Gasteiger charge is -2.24. The molecule has 1 fully saturated rings. The van der Waals surface area contributed by atoms with Crippen LogP contribution in [0.5, 0.6) is 11.5 Å². The van der Waals surface area contributed by atoms with Crippen molar-refractivity contribution in [2.24, 2.45) is 0 Å². The molecule has 33 heavy (non-hydrogen) atoms. The zero-order valence-corrected chi connectivity index (χ0v) is 17.8. The number of ketones is 1. The minimum Gasteiger partial charge on any atom is -0.507 e. The largest absolute Gasteiger partial charge is 0.507 e. The van der Waals surface area contributed by atoms with Gasteiger partial charge in [-0.2, -0.15) is 0 Å². The highest BCUT2D eigenvalue weighted by molar-refractivity contribution is 6.46. The molecule has 0 bridgehead atoms. The Morgan fingerprint density at radius 2 is 1.91 bits per heavy atom. The van der Waals surface area contributed by atoms with Crippen molar-refractivity contribution in [1.29, 1.82) is 0 Å². The Balaban J connectivity index is 1.52. The Hall–Kier alpha value is -4.14. The lowest BCUT2D eigenvalue weighted by molar-refractivity contribution is -0.140. The maximum Gasteiger partial charge on any atom is 0.295 e. The van der Waals surface area contributed by atoms with E-state index in [-0.39, 0.29) is 11.3 Å². The number of aryl methyl sites for hydroxylation is 1. The molecule has 1 atom stereocenters. The van der Waals surface area contributed by atoms with E-state index in [4.69, 9.17) is 9.47 Å². The highest BCUT2D eigenvalue weighted by Gasteiger charge is 2.46. The van der Waals surface area contributed by atoms with Crippen LogP contribution in [0.3, 0.4) is 0 Å². The SMILES string of the molecule is O=C1C(=O)N(CCCn2ccnc2)[C@H](c2ccccn2)C1=C(O)c1ccc2c(c1)OCCO2. The second-order valence-corrected chi connectivity index (χ2v) is 7.76. The summed E-state index contributed by atoms with van der Waals surface area (Å²) in [5.41, 5.74) is 0.896. The minimum atomic E-state index is -0.790. The number of pyridine rings is 1. The summed E-state index contributed by atoms with van der Waals surface area (Å²) in [6.45, 7) is 1.80. The standard InChI is InChI=1S/C24H22N4O5/c29-22(16-5-6-18-19(14-16)33-13-12-32-18)20-21(17-4-1-2-7-26-17)28(24(31)23(20)30)10-3-9-27-11-8-25-15-27/h1-2,4-8,11,14-15,21,29H,3,9-10,12-13H2/t21-/m1/s1. The van der Waals surface area contributed by atoms with E-state index in [1.165, 1.54) is 4.90 Å². The number of fused-ring (bicyclic) bond motifs is 1. The number of likely N-dealkylation sites (tertiary alicyclic amines) is 1. The van der Waals surface area contributed by atoms with Crippen LogP contribution in [0.15, 0.2) is 66.9 Å². The van der Waals surface area contributed by atoms with E-state index in [1.54, 1.807) is 55.1 Å². The minimum absolute atomic E-state index is 0.0120. The van der Waals surface area contributed by atoms with Crippen LogP contribution in [0.4, 0.5) is 0 Å². The van der Waals surface area contributed by atoms with Gasteiger partial charge >= 0.3 is 0 Å². The number of Topliss-reactive ketones (excluding diaryl/α,β-unsaturated/α-hetero) is 1. The molecular formula is C24H22N4O5. The molecule has 1 aromatic carbocycles. The second kappa shape index (κ2) is 8.78. The summed E-state index contributed by atoms with van der Waals surface area (Å²) in [6, 6.07) is 9.45. The third-order valence-electron chi connectivity index (χ3n) is 5.70. The summed E-state index contributed by atoms with van der Waals surface area (Å²) in [5, 5.41) is 11.2. The molecule has 4 heterocycles.